The maximum Gasteiger partial charge on any atom is 0.308 e. The smallest absolute Gasteiger partial charge is 0.308 e. The molecular formula is C23H27NO4. The first-order chi connectivity index (χ1) is 13.6. The van der Waals surface area contributed by atoms with Gasteiger partial charge in [-0.15, -0.1) is 0 Å². The van der Waals surface area contributed by atoms with Crippen LogP contribution in [0.15, 0.2) is 60.7 Å². The van der Waals surface area contributed by atoms with Gasteiger partial charge < -0.3 is 15.2 Å². The van der Waals surface area contributed by atoms with Crippen LogP contribution < -0.4 is 5.32 Å². The lowest BCUT2D eigenvalue weighted by molar-refractivity contribution is -0.145. The molecule has 1 atom stereocenters. The lowest BCUT2D eigenvalue weighted by Crippen LogP contribution is -2.39. The number of carbonyl (C=O) groups is 2. The van der Waals surface area contributed by atoms with Crippen molar-refractivity contribution in [2.75, 3.05) is 19.8 Å². The van der Waals surface area contributed by atoms with Gasteiger partial charge in [0.25, 0.3) is 0 Å². The second-order valence-corrected chi connectivity index (χ2v) is 7.28. The Labute approximate surface area is 165 Å². The predicted octanol–water partition coefficient (Wildman–Crippen LogP) is 3.45. The van der Waals surface area contributed by atoms with Gasteiger partial charge in [0.15, 0.2) is 0 Å². The zero-order valence-electron chi connectivity index (χ0n) is 15.9. The van der Waals surface area contributed by atoms with E-state index in [-0.39, 0.29) is 30.7 Å². The van der Waals surface area contributed by atoms with Gasteiger partial charge in [-0.05, 0) is 29.9 Å². The number of aliphatic carboxylic acids is 1. The highest BCUT2D eigenvalue weighted by Gasteiger charge is 2.30. The molecule has 1 heterocycles. The average molecular weight is 381 g/mol. The van der Waals surface area contributed by atoms with Crippen LogP contribution in [-0.2, 0) is 14.3 Å². The molecule has 1 unspecified atom stereocenters. The predicted molar refractivity (Wildman–Crippen MR) is 107 cm³/mol. The van der Waals surface area contributed by atoms with E-state index in [1.807, 2.05) is 60.7 Å². The first-order valence-corrected chi connectivity index (χ1v) is 9.82. The fraction of sp³-hybridized carbons (Fsp3) is 0.391. The standard InChI is InChI=1S/C23H27NO4/c25-22(24-16-21(23(26)27)19-11-13-28-14-12-19)15-20(17-7-3-1-4-8-17)18-9-5-2-6-10-18/h1-10,19-21H,11-16H2,(H,24,25)(H,26,27). The summed E-state index contributed by atoms with van der Waals surface area (Å²) in [6, 6.07) is 19.9. The van der Waals surface area contributed by atoms with E-state index < -0.39 is 11.9 Å². The van der Waals surface area contributed by atoms with Gasteiger partial charge in [0.05, 0.1) is 5.92 Å². The summed E-state index contributed by atoms with van der Waals surface area (Å²) >= 11 is 0. The van der Waals surface area contributed by atoms with E-state index in [1.54, 1.807) is 0 Å². The number of ether oxygens (including phenoxy) is 1. The maximum atomic E-state index is 12.7. The average Bonchev–Trinajstić information content (AvgIpc) is 2.74. The second-order valence-electron chi connectivity index (χ2n) is 7.28. The van der Waals surface area contributed by atoms with Crippen LogP contribution in [0.4, 0.5) is 0 Å². The fourth-order valence-electron chi connectivity index (χ4n) is 3.85. The monoisotopic (exact) mass is 381 g/mol. The second kappa shape index (κ2) is 10.0. The van der Waals surface area contributed by atoms with Crippen molar-refractivity contribution in [2.24, 2.45) is 11.8 Å². The first kappa shape index (κ1) is 20.1. The van der Waals surface area contributed by atoms with Crippen molar-refractivity contribution in [3.8, 4) is 0 Å². The lowest BCUT2D eigenvalue weighted by Gasteiger charge is -2.28. The molecule has 0 aromatic heterocycles. The molecule has 148 valence electrons. The molecule has 0 bridgehead atoms. The highest BCUT2D eigenvalue weighted by atomic mass is 16.5. The van der Waals surface area contributed by atoms with E-state index in [9.17, 15) is 14.7 Å². The molecule has 28 heavy (non-hydrogen) atoms. The number of carboxylic acid groups (broad SMARTS) is 1. The molecule has 3 rings (SSSR count). The molecule has 2 aromatic rings. The third kappa shape index (κ3) is 5.42. The molecule has 0 spiro atoms. The number of carbonyl (C=O) groups excluding carboxylic acids is 1. The normalized spacial score (nSPS) is 15.9. The maximum absolute atomic E-state index is 12.7. The molecule has 0 aliphatic carbocycles. The zero-order valence-corrected chi connectivity index (χ0v) is 15.9. The van der Waals surface area contributed by atoms with E-state index in [4.69, 9.17) is 4.74 Å². The van der Waals surface area contributed by atoms with Gasteiger partial charge in [-0.3, -0.25) is 9.59 Å². The highest BCUT2D eigenvalue weighted by molar-refractivity contribution is 5.78. The van der Waals surface area contributed by atoms with E-state index in [0.717, 1.165) is 24.0 Å². The largest absolute Gasteiger partial charge is 0.481 e. The third-order valence-corrected chi connectivity index (χ3v) is 5.46. The molecule has 1 aliphatic heterocycles. The number of carboxylic acids is 1. The van der Waals surface area contributed by atoms with Crippen molar-refractivity contribution in [2.45, 2.75) is 25.2 Å². The van der Waals surface area contributed by atoms with Gasteiger partial charge in [0.1, 0.15) is 0 Å². The van der Waals surface area contributed by atoms with E-state index in [1.165, 1.54) is 0 Å². The molecule has 2 aromatic carbocycles. The van der Waals surface area contributed by atoms with Gasteiger partial charge in [-0.25, -0.2) is 0 Å². The number of amides is 1. The summed E-state index contributed by atoms with van der Waals surface area (Å²) in [6.07, 6.45) is 1.74. The first-order valence-electron chi connectivity index (χ1n) is 9.82. The molecule has 1 fully saturated rings. The van der Waals surface area contributed by atoms with Crippen LogP contribution in [0.5, 0.6) is 0 Å². The van der Waals surface area contributed by atoms with Crippen molar-refractivity contribution in [3.05, 3.63) is 71.8 Å². The number of benzene rings is 2. The van der Waals surface area contributed by atoms with Crippen molar-refractivity contribution in [1.29, 1.82) is 0 Å². The molecule has 0 radical (unpaired) electrons. The number of hydrogen-bond donors (Lipinski definition) is 2. The van der Waals surface area contributed by atoms with Crippen LogP contribution in [0.25, 0.3) is 0 Å². The third-order valence-electron chi connectivity index (χ3n) is 5.46. The van der Waals surface area contributed by atoms with E-state index >= 15 is 0 Å². The Morgan fingerprint density at radius 2 is 1.50 bits per heavy atom. The minimum atomic E-state index is -0.852. The van der Waals surface area contributed by atoms with Crippen LogP contribution in [0.3, 0.4) is 0 Å². The van der Waals surface area contributed by atoms with Crippen LogP contribution in [0.1, 0.15) is 36.3 Å². The Morgan fingerprint density at radius 1 is 0.964 bits per heavy atom. The molecule has 1 aliphatic rings. The molecule has 5 heteroatoms. The number of hydrogen-bond acceptors (Lipinski definition) is 3. The number of rotatable bonds is 8. The quantitative estimate of drug-likeness (QED) is 0.734. The summed E-state index contributed by atoms with van der Waals surface area (Å²) in [5.74, 6) is -1.56. The van der Waals surface area contributed by atoms with Gasteiger partial charge in [0.2, 0.25) is 5.91 Å². The summed E-state index contributed by atoms with van der Waals surface area (Å²) in [6.45, 7) is 1.34. The van der Waals surface area contributed by atoms with Crippen molar-refractivity contribution in [1.82, 2.24) is 5.32 Å². The van der Waals surface area contributed by atoms with Crippen molar-refractivity contribution < 1.29 is 19.4 Å². The highest BCUT2D eigenvalue weighted by Crippen LogP contribution is 2.28. The van der Waals surface area contributed by atoms with Gasteiger partial charge in [-0.1, -0.05) is 60.7 Å². The Hall–Kier alpha value is -2.66. The van der Waals surface area contributed by atoms with Crippen LogP contribution in [0, 0.1) is 11.8 Å². The number of nitrogens with one attached hydrogen (secondary N) is 1. The Morgan fingerprint density at radius 3 is 2.00 bits per heavy atom. The Balaban J connectivity index is 1.65. The van der Waals surface area contributed by atoms with E-state index in [0.29, 0.717) is 13.2 Å². The molecule has 2 N–H and O–H groups in total. The van der Waals surface area contributed by atoms with E-state index in [2.05, 4.69) is 5.32 Å². The summed E-state index contributed by atoms with van der Waals surface area (Å²) in [4.78, 5) is 24.4. The fourth-order valence-corrected chi connectivity index (χ4v) is 3.85. The van der Waals surface area contributed by atoms with Crippen LogP contribution in [0.2, 0.25) is 0 Å². The van der Waals surface area contributed by atoms with Crippen LogP contribution >= 0.6 is 0 Å². The molecule has 1 amide bonds. The summed E-state index contributed by atoms with van der Waals surface area (Å²) in [5.41, 5.74) is 2.14. The SMILES string of the molecule is O=C(CC(c1ccccc1)c1ccccc1)NCC(C(=O)O)C1CCOCC1. The minimum absolute atomic E-state index is 0.0468. The zero-order chi connectivity index (χ0) is 19.8. The Kier molecular flexibility index (Phi) is 7.20. The molecule has 0 saturated carbocycles. The lowest BCUT2D eigenvalue weighted by atomic mass is 9.85. The van der Waals surface area contributed by atoms with Crippen LogP contribution in [-0.4, -0.2) is 36.7 Å². The van der Waals surface area contributed by atoms with Gasteiger partial charge in [0, 0.05) is 32.1 Å². The minimum Gasteiger partial charge on any atom is -0.481 e. The topological polar surface area (TPSA) is 75.6 Å². The van der Waals surface area contributed by atoms with Gasteiger partial charge in [-0.2, -0.15) is 0 Å². The summed E-state index contributed by atoms with van der Waals surface area (Å²) in [7, 11) is 0. The summed E-state index contributed by atoms with van der Waals surface area (Å²) in [5, 5.41) is 12.5. The van der Waals surface area contributed by atoms with Crippen molar-refractivity contribution >= 4 is 11.9 Å². The molecule has 1 saturated heterocycles. The molecular weight excluding hydrogens is 354 g/mol. The van der Waals surface area contributed by atoms with Gasteiger partial charge >= 0.3 is 5.97 Å². The van der Waals surface area contributed by atoms with Crippen molar-refractivity contribution in [3.63, 3.8) is 0 Å². The Bertz CT molecular complexity index is 717. The summed E-state index contributed by atoms with van der Waals surface area (Å²) < 4.78 is 5.33. The molecule has 5 nitrogen and oxygen atoms in total.